The van der Waals surface area contributed by atoms with Crippen LogP contribution in [-0.2, 0) is 35.2 Å². The molecule has 10 rings (SSSR count). The van der Waals surface area contributed by atoms with Crippen LogP contribution in [0.25, 0.3) is 22.3 Å². The molecule has 0 aromatic heterocycles. The minimum absolute atomic E-state index is 0.405. The first-order chi connectivity index (χ1) is 21.4. The van der Waals surface area contributed by atoms with E-state index >= 15 is 0 Å². The molecule has 0 N–H and O–H groups in total. The van der Waals surface area contributed by atoms with Crippen LogP contribution in [-0.4, -0.2) is 38.1 Å². The van der Waals surface area contributed by atoms with E-state index in [1.165, 1.54) is 55.6 Å². The molecule has 0 saturated carbocycles. The highest BCUT2D eigenvalue weighted by Gasteiger charge is 2.21. The first-order valence-electron chi connectivity index (χ1n) is 16.3. The van der Waals surface area contributed by atoms with Gasteiger partial charge in [-0.25, -0.2) is 9.98 Å². The van der Waals surface area contributed by atoms with Gasteiger partial charge in [0.2, 0.25) is 11.8 Å². The predicted octanol–water partition coefficient (Wildman–Crippen LogP) is 8.70. The minimum Gasteiger partial charge on any atom is -0.476 e. The smallest absolute Gasteiger partial charge is 0.216 e. The molecule has 44 heavy (non-hydrogen) atoms. The highest BCUT2D eigenvalue weighted by atomic mass is 16.5. The highest BCUT2D eigenvalue weighted by Crippen LogP contribution is 2.35. The molecule has 0 radical (unpaired) electrons. The zero-order valence-corrected chi connectivity index (χ0v) is 26.5. The van der Waals surface area contributed by atoms with Gasteiger partial charge in [-0.15, -0.1) is 0 Å². The summed E-state index contributed by atoms with van der Waals surface area (Å²) in [6, 6.07) is 28.0. The number of hydrogen-bond donors (Lipinski definition) is 0. The van der Waals surface area contributed by atoms with Crippen LogP contribution in [0.1, 0.15) is 84.0 Å². The van der Waals surface area contributed by atoms with E-state index in [4.69, 9.17) is 9.47 Å². The molecule has 4 aromatic carbocycles. The van der Waals surface area contributed by atoms with Crippen molar-refractivity contribution in [1.29, 1.82) is 0 Å². The molecular weight excluding hydrogens is 540 g/mol. The van der Waals surface area contributed by atoms with E-state index in [0.717, 1.165) is 61.7 Å². The Hall–Kier alpha value is -4.18. The summed E-state index contributed by atoms with van der Waals surface area (Å²) in [5.74, 6) is 2.40. The van der Waals surface area contributed by atoms with E-state index in [1.54, 1.807) is 0 Å². The van der Waals surface area contributed by atoms with Gasteiger partial charge >= 0.3 is 0 Å². The first-order valence-corrected chi connectivity index (χ1v) is 16.3. The van der Waals surface area contributed by atoms with Crippen molar-refractivity contribution in [1.82, 2.24) is 0 Å². The monoisotopic (exact) mass is 582 g/mol. The lowest BCUT2D eigenvalue weighted by Gasteiger charge is -2.20. The largest absolute Gasteiger partial charge is 0.476 e. The maximum absolute atomic E-state index is 5.95. The van der Waals surface area contributed by atoms with Crippen LogP contribution in [0.2, 0.25) is 0 Å². The van der Waals surface area contributed by atoms with Gasteiger partial charge in [-0.1, -0.05) is 88.4 Å². The van der Waals surface area contributed by atoms with Crippen LogP contribution in [0.3, 0.4) is 0 Å². The number of aliphatic imine (C=N–C) groups is 2. The molecule has 224 valence electrons. The van der Waals surface area contributed by atoms with E-state index in [0.29, 0.717) is 25.0 Å². The van der Waals surface area contributed by atoms with Crippen LogP contribution in [0.4, 0.5) is 0 Å². The van der Waals surface area contributed by atoms with Crippen LogP contribution in [0, 0.1) is 0 Å². The SMILES string of the molecule is CC(C)c1ccc(-c2cc3ccc2CCc2ccc(c(-c4ccc(C(C)C)c(C5=NCCO5)c4)c2)CC3)cc1C1=NCCO1. The lowest BCUT2D eigenvalue weighted by atomic mass is 9.85. The topological polar surface area (TPSA) is 43.2 Å². The number of rotatable bonds is 6. The summed E-state index contributed by atoms with van der Waals surface area (Å²) in [5.41, 5.74) is 15.6. The molecule has 4 heteroatoms. The predicted molar refractivity (Wildman–Crippen MR) is 181 cm³/mol. The number of hydrogen-bond acceptors (Lipinski definition) is 4. The van der Waals surface area contributed by atoms with Gasteiger partial charge in [-0.05, 0) is 105 Å². The summed E-state index contributed by atoms with van der Waals surface area (Å²) >= 11 is 0. The van der Waals surface area contributed by atoms with Gasteiger partial charge in [0.05, 0.1) is 13.1 Å². The second kappa shape index (κ2) is 12.1. The summed E-state index contributed by atoms with van der Waals surface area (Å²) < 4.78 is 11.9. The molecular formula is C40H42N2O2. The minimum atomic E-state index is 0.405. The maximum Gasteiger partial charge on any atom is 0.216 e. The van der Waals surface area contributed by atoms with E-state index in [1.807, 2.05) is 0 Å². The maximum atomic E-state index is 5.95. The van der Waals surface area contributed by atoms with E-state index in [9.17, 15) is 0 Å². The second-order valence-corrected chi connectivity index (χ2v) is 13.0. The van der Waals surface area contributed by atoms with Gasteiger partial charge in [0, 0.05) is 11.1 Å². The summed E-state index contributed by atoms with van der Waals surface area (Å²) in [6.07, 6.45) is 3.93. The summed E-state index contributed by atoms with van der Waals surface area (Å²) in [5, 5.41) is 0. The zero-order valence-electron chi connectivity index (χ0n) is 26.5. The van der Waals surface area contributed by atoms with Crippen molar-refractivity contribution in [2.45, 2.75) is 65.2 Å². The van der Waals surface area contributed by atoms with Crippen LogP contribution in [0.5, 0.6) is 0 Å². The van der Waals surface area contributed by atoms with Gasteiger partial charge in [0.1, 0.15) is 13.2 Å². The highest BCUT2D eigenvalue weighted by molar-refractivity contribution is 5.98. The fraction of sp³-hybridized carbons (Fsp3) is 0.350. The molecule has 2 aliphatic heterocycles. The third-order valence-electron chi connectivity index (χ3n) is 9.32. The lowest BCUT2D eigenvalue weighted by molar-refractivity contribution is 0.348. The first kappa shape index (κ1) is 28.6. The average Bonchev–Trinajstić information content (AvgIpc) is 3.77. The average molecular weight is 583 g/mol. The molecule has 6 aliphatic rings. The molecule has 2 heterocycles. The Labute approximate surface area is 261 Å². The van der Waals surface area contributed by atoms with E-state index in [2.05, 4.69) is 110 Å². The third kappa shape index (κ3) is 5.58. The van der Waals surface area contributed by atoms with Crippen molar-refractivity contribution < 1.29 is 9.47 Å². The molecule has 0 spiro atoms. The van der Waals surface area contributed by atoms with Crippen molar-refractivity contribution in [3.63, 3.8) is 0 Å². The molecule has 0 fully saturated rings. The fourth-order valence-electron chi connectivity index (χ4n) is 6.91. The standard InChI is InChI=1S/C40H42N2O2/c1-25(2)33-15-13-31(23-37(33)39-41-17-19-43-39)35-21-27-5-9-29(35)11-7-28-6-10-30(12-8-27)36(22-28)32-14-16-34(26(3)4)38(24-32)40-42-18-20-44-40/h5-6,9-10,13-16,21-26H,7-8,11-12,17-20H2,1-4H3. The Bertz CT molecular complexity index is 1650. The molecule has 4 aromatic rings. The van der Waals surface area contributed by atoms with Gasteiger partial charge in [0.15, 0.2) is 0 Å². The van der Waals surface area contributed by atoms with Gasteiger partial charge in [0.25, 0.3) is 0 Å². The van der Waals surface area contributed by atoms with Crippen molar-refractivity contribution in [2.24, 2.45) is 9.98 Å². The third-order valence-corrected chi connectivity index (χ3v) is 9.32. The number of ether oxygens (including phenoxy) is 2. The van der Waals surface area contributed by atoms with Crippen molar-refractivity contribution in [2.75, 3.05) is 26.3 Å². The molecule has 4 nitrogen and oxygen atoms in total. The number of nitrogens with zero attached hydrogens (tertiary/aromatic N) is 2. The Kier molecular flexibility index (Phi) is 7.84. The Morgan fingerprint density at radius 2 is 0.955 bits per heavy atom. The van der Waals surface area contributed by atoms with Crippen LogP contribution in [0.15, 0.2) is 82.8 Å². The summed E-state index contributed by atoms with van der Waals surface area (Å²) in [4.78, 5) is 9.36. The van der Waals surface area contributed by atoms with E-state index < -0.39 is 0 Å². The van der Waals surface area contributed by atoms with Crippen molar-refractivity contribution in [3.05, 3.63) is 117 Å². The van der Waals surface area contributed by atoms with Crippen LogP contribution < -0.4 is 0 Å². The number of benzene rings is 4. The summed E-state index contributed by atoms with van der Waals surface area (Å²) in [7, 11) is 0. The molecule has 4 bridgehead atoms. The van der Waals surface area contributed by atoms with Crippen molar-refractivity contribution in [3.8, 4) is 22.3 Å². The van der Waals surface area contributed by atoms with Gasteiger partial charge < -0.3 is 9.47 Å². The molecule has 0 saturated heterocycles. The van der Waals surface area contributed by atoms with Crippen molar-refractivity contribution >= 4 is 11.8 Å². The fourth-order valence-corrected chi connectivity index (χ4v) is 6.91. The zero-order chi connectivity index (χ0) is 30.2. The molecule has 0 amide bonds. The lowest BCUT2D eigenvalue weighted by Crippen LogP contribution is -2.08. The quantitative estimate of drug-likeness (QED) is 0.228. The Balaban J connectivity index is 1.25. The second-order valence-electron chi connectivity index (χ2n) is 13.0. The van der Waals surface area contributed by atoms with Crippen LogP contribution >= 0.6 is 0 Å². The van der Waals surface area contributed by atoms with Gasteiger partial charge in [-0.2, -0.15) is 0 Å². The Morgan fingerprint density at radius 1 is 0.500 bits per heavy atom. The molecule has 0 atom stereocenters. The summed E-state index contributed by atoms with van der Waals surface area (Å²) in [6.45, 7) is 11.8. The van der Waals surface area contributed by atoms with Gasteiger partial charge in [-0.3, -0.25) is 0 Å². The van der Waals surface area contributed by atoms with E-state index in [-0.39, 0.29) is 0 Å². The normalized spacial score (nSPS) is 16.0. The molecule has 0 unspecified atom stereocenters. The molecule has 4 aliphatic carbocycles. The Morgan fingerprint density at radius 3 is 1.34 bits per heavy atom. The number of aryl methyl sites for hydroxylation is 4.